The van der Waals surface area contributed by atoms with Gasteiger partial charge in [-0.05, 0) is 37.5 Å². The van der Waals surface area contributed by atoms with Crippen LogP contribution in [0.15, 0.2) is 18.2 Å². The number of nitrogens with zero attached hydrogens (tertiary/aromatic N) is 1. The summed E-state index contributed by atoms with van der Waals surface area (Å²) >= 11 is 0. The molecule has 2 aliphatic rings. The molecule has 1 aliphatic carbocycles. The maximum absolute atomic E-state index is 12.4. The molecule has 0 unspecified atom stereocenters. The van der Waals surface area contributed by atoms with Gasteiger partial charge < -0.3 is 20.1 Å². The minimum atomic E-state index is 0.0201. The first-order valence-corrected chi connectivity index (χ1v) is 7.17. The van der Waals surface area contributed by atoms with E-state index >= 15 is 0 Å². The van der Waals surface area contributed by atoms with E-state index in [1.165, 1.54) is 6.42 Å². The van der Waals surface area contributed by atoms with Crippen molar-refractivity contribution in [3.63, 3.8) is 0 Å². The van der Waals surface area contributed by atoms with Crippen molar-refractivity contribution in [1.29, 1.82) is 0 Å². The molecule has 1 amide bonds. The molecule has 0 atom stereocenters. The quantitative estimate of drug-likeness (QED) is 0.853. The number of nitrogen functional groups attached to an aromatic ring is 1. The summed E-state index contributed by atoms with van der Waals surface area (Å²) < 4.78 is 11.1. The SMILES string of the molecule is Nc1ccc(C(=O)N2CCOCC2)cc1OC1CCC1. The van der Waals surface area contributed by atoms with Gasteiger partial charge in [0, 0.05) is 18.7 Å². The molecule has 1 saturated carbocycles. The molecule has 5 heteroatoms. The maximum Gasteiger partial charge on any atom is 0.254 e. The number of nitrogens with two attached hydrogens (primary N) is 1. The molecule has 0 spiro atoms. The van der Waals surface area contributed by atoms with Crippen LogP contribution in [0.2, 0.25) is 0 Å². The number of hydrogen-bond donors (Lipinski definition) is 1. The van der Waals surface area contributed by atoms with E-state index in [4.69, 9.17) is 15.2 Å². The summed E-state index contributed by atoms with van der Waals surface area (Å²) in [6, 6.07) is 5.29. The monoisotopic (exact) mass is 276 g/mol. The Hall–Kier alpha value is -1.75. The van der Waals surface area contributed by atoms with Gasteiger partial charge in [0.05, 0.1) is 25.0 Å². The summed E-state index contributed by atoms with van der Waals surface area (Å²) in [5, 5.41) is 0. The van der Waals surface area contributed by atoms with Crippen molar-refractivity contribution in [2.45, 2.75) is 25.4 Å². The predicted octanol–water partition coefficient (Wildman–Crippen LogP) is 1.67. The molecule has 20 heavy (non-hydrogen) atoms. The summed E-state index contributed by atoms with van der Waals surface area (Å²) in [4.78, 5) is 14.2. The van der Waals surface area contributed by atoms with Gasteiger partial charge in [0.2, 0.25) is 0 Å². The van der Waals surface area contributed by atoms with Crippen molar-refractivity contribution in [2.75, 3.05) is 32.0 Å². The van der Waals surface area contributed by atoms with Crippen LogP contribution >= 0.6 is 0 Å². The molecule has 1 aromatic rings. The van der Waals surface area contributed by atoms with E-state index in [0.29, 0.717) is 43.3 Å². The lowest BCUT2D eigenvalue weighted by Gasteiger charge is -2.28. The van der Waals surface area contributed by atoms with Crippen LogP contribution in [-0.2, 0) is 4.74 Å². The molecule has 2 N–H and O–H groups in total. The van der Waals surface area contributed by atoms with Crippen LogP contribution in [0.1, 0.15) is 29.6 Å². The van der Waals surface area contributed by atoms with E-state index in [1.807, 2.05) is 4.90 Å². The molecular formula is C15H20N2O3. The zero-order valence-corrected chi connectivity index (χ0v) is 11.5. The first kappa shape index (κ1) is 13.2. The minimum Gasteiger partial charge on any atom is -0.488 e. The Labute approximate surface area is 118 Å². The van der Waals surface area contributed by atoms with Gasteiger partial charge in [-0.25, -0.2) is 0 Å². The van der Waals surface area contributed by atoms with Crippen molar-refractivity contribution in [2.24, 2.45) is 0 Å². The molecule has 0 aromatic heterocycles. The lowest BCUT2D eigenvalue weighted by molar-refractivity contribution is 0.0302. The number of hydrogen-bond acceptors (Lipinski definition) is 4. The second-order valence-corrected chi connectivity index (χ2v) is 5.33. The maximum atomic E-state index is 12.4. The smallest absolute Gasteiger partial charge is 0.254 e. The molecule has 108 valence electrons. The second-order valence-electron chi connectivity index (χ2n) is 5.33. The Balaban J connectivity index is 1.74. The Morgan fingerprint density at radius 2 is 2.05 bits per heavy atom. The van der Waals surface area contributed by atoms with Crippen molar-refractivity contribution in [3.05, 3.63) is 23.8 Å². The van der Waals surface area contributed by atoms with E-state index in [-0.39, 0.29) is 12.0 Å². The van der Waals surface area contributed by atoms with Gasteiger partial charge in [-0.3, -0.25) is 4.79 Å². The summed E-state index contributed by atoms with van der Waals surface area (Å²) in [7, 11) is 0. The Bertz CT molecular complexity index is 494. The van der Waals surface area contributed by atoms with Gasteiger partial charge in [-0.1, -0.05) is 0 Å². The number of benzene rings is 1. The number of rotatable bonds is 3. The van der Waals surface area contributed by atoms with Crippen LogP contribution in [0.4, 0.5) is 5.69 Å². The van der Waals surface area contributed by atoms with Gasteiger partial charge in [0.15, 0.2) is 0 Å². The van der Waals surface area contributed by atoms with Crippen LogP contribution in [0.5, 0.6) is 5.75 Å². The van der Waals surface area contributed by atoms with Gasteiger partial charge in [0.1, 0.15) is 5.75 Å². The van der Waals surface area contributed by atoms with E-state index < -0.39 is 0 Å². The lowest BCUT2D eigenvalue weighted by Crippen LogP contribution is -2.40. The molecule has 5 nitrogen and oxygen atoms in total. The second kappa shape index (κ2) is 5.71. The Kier molecular flexibility index (Phi) is 3.78. The fourth-order valence-corrected chi connectivity index (χ4v) is 2.39. The number of carbonyl (C=O) groups is 1. The first-order chi connectivity index (χ1) is 9.74. The van der Waals surface area contributed by atoms with E-state index in [1.54, 1.807) is 18.2 Å². The number of ether oxygens (including phenoxy) is 2. The molecular weight excluding hydrogens is 256 g/mol. The van der Waals surface area contributed by atoms with Gasteiger partial charge in [-0.2, -0.15) is 0 Å². The van der Waals surface area contributed by atoms with Crippen molar-refractivity contribution in [3.8, 4) is 5.75 Å². The number of carbonyl (C=O) groups excluding carboxylic acids is 1. The van der Waals surface area contributed by atoms with Crippen molar-refractivity contribution < 1.29 is 14.3 Å². The third kappa shape index (κ3) is 2.72. The molecule has 0 radical (unpaired) electrons. The topological polar surface area (TPSA) is 64.8 Å². The highest BCUT2D eigenvalue weighted by Gasteiger charge is 2.22. The van der Waals surface area contributed by atoms with Crippen LogP contribution in [0.25, 0.3) is 0 Å². The minimum absolute atomic E-state index is 0.0201. The van der Waals surface area contributed by atoms with Gasteiger partial charge >= 0.3 is 0 Å². The molecule has 1 heterocycles. The predicted molar refractivity (Wildman–Crippen MR) is 75.8 cm³/mol. The molecule has 1 saturated heterocycles. The van der Waals surface area contributed by atoms with E-state index in [9.17, 15) is 4.79 Å². The van der Waals surface area contributed by atoms with Crippen LogP contribution in [0.3, 0.4) is 0 Å². The highest BCUT2D eigenvalue weighted by atomic mass is 16.5. The summed E-state index contributed by atoms with van der Waals surface area (Å²) in [5.74, 6) is 0.653. The summed E-state index contributed by atoms with van der Waals surface area (Å²) in [6.45, 7) is 2.49. The summed E-state index contributed by atoms with van der Waals surface area (Å²) in [5.41, 5.74) is 7.15. The third-order valence-electron chi connectivity index (χ3n) is 3.90. The third-order valence-corrected chi connectivity index (χ3v) is 3.90. The Morgan fingerprint density at radius 1 is 1.30 bits per heavy atom. The molecule has 3 rings (SSSR count). The summed E-state index contributed by atoms with van der Waals surface area (Å²) in [6.07, 6.45) is 3.60. The van der Waals surface area contributed by atoms with E-state index in [0.717, 1.165) is 12.8 Å². The Morgan fingerprint density at radius 3 is 2.70 bits per heavy atom. The average molecular weight is 276 g/mol. The standard InChI is InChI=1S/C15H20N2O3/c16-13-5-4-11(10-14(13)20-12-2-1-3-12)15(18)17-6-8-19-9-7-17/h4-5,10,12H,1-3,6-9,16H2. The van der Waals surface area contributed by atoms with Crippen LogP contribution in [-0.4, -0.2) is 43.2 Å². The molecule has 2 fully saturated rings. The first-order valence-electron chi connectivity index (χ1n) is 7.17. The fourth-order valence-electron chi connectivity index (χ4n) is 2.39. The highest BCUT2D eigenvalue weighted by molar-refractivity contribution is 5.95. The average Bonchev–Trinajstić information content (AvgIpc) is 2.44. The van der Waals surface area contributed by atoms with E-state index in [2.05, 4.69) is 0 Å². The number of anilines is 1. The molecule has 1 aromatic carbocycles. The van der Waals surface area contributed by atoms with Crippen LogP contribution in [0, 0.1) is 0 Å². The van der Waals surface area contributed by atoms with Gasteiger partial charge in [-0.15, -0.1) is 0 Å². The normalized spacial score (nSPS) is 19.5. The van der Waals surface area contributed by atoms with Crippen molar-refractivity contribution >= 4 is 11.6 Å². The van der Waals surface area contributed by atoms with Crippen LogP contribution < -0.4 is 10.5 Å². The fraction of sp³-hybridized carbons (Fsp3) is 0.533. The number of amides is 1. The lowest BCUT2D eigenvalue weighted by atomic mass is 9.96. The molecule has 0 bridgehead atoms. The molecule has 1 aliphatic heterocycles. The largest absolute Gasteiger partial charge is 0.488 e. The number of morpholine rings is 1. The zero-order chi connectivity index (χ0) is 13.9. The van der Waals surface area contributed by atoms with Gasteiger partial charge in [0.25, 0.3) is 5.91 Å². The highest BCUT2D eigenvalue weighted by Crippen LogP contribution is 2.30. The zero-order valence-electron chi connectivity index (χ0n) is 11.5. The van der Waals surface area contributed by atoms with Crippen molar-refractivity contribution in [1.82, 2.24) is 4.90 Å².